The van der Waals surface area contributed by atoms with Crippen molar-refractivity contribution in [3.63, 3.8) is 0 Å². The average Bonchev–Trinajstić information content (AvgIpc) is 3.53. The van der Waals surface area contributed by atoms with Crippen molar-refractivity contribution in [3.05, 3.63) is 28.3 Å². The van der Waals surface area contributed by atoms with Crippen LogP contribution in [-0.4, -0.2) is 72.0 Å². The predicted molar refractivity (Wildman–Crippen MR) is 120 cm³/mol. The smallest absolute Gasteiger partial charge is 0.222 e. The van der Waals surface area contributed by atoms with Crippen LogP contribution in [0.2, 0.25) is 0 Å². The number of hydrogen-bond acceptors (Lipinski definition) is 10. The van der Waals surface area contributed by atoms with E-state index in [1.807, 2.05) is 13.0 Å². The molecule has 3 fully saturated rings. The first-order valence-electron chi connectivity index (χ1n) is 12.0. The highest BCUT2D eigenvalue weighted by atomic mass is 16.8. The number of carbonyl (C=O) groups is 3. The summed E-state index contributed by atoms with van der Waals surface area (Å²) in [6.45, 7) is 1.33. The number of hydrogen-bond donors (Lipinski definition) is 2. The molecule has 1 spiro atoms. The van der Waals surface area contributed by atoms with Crippen molar-refractivity contribution in [1.82, 2.24) is 0 Å². The molecule has 3 saturated heterocycles. The van der Waals surface area contributed by atoms with Gasteiger partial charge in [-0.25, -0.2) is 0 Å². The molecule has 0 aromatic heterocycles. The molecule has 10 nitrogen and oxygen atoms in total. The third-order valence-corrected chi connectivity index (χ3v) is 8.69. The van der Waals surface area contributed by atoms with Gasteiger partial charge in [-0.05, 0) is 31.4 Å². The van der Waals surface area contributed by atoms with Crippen LogP contribution in [0.25, 0.3) is 10.8 Å². The van der Waals surface area contributed by atoms with Crippen LogP contribution in [0.15, 0.2) is 6.07 Å². The van der Waals surface area contributed by atoms with Crippen LogP contribution >= 0.6 is 0 Å². The largest absolute Gasteiger partial charge is 0.506 e. The normalized spacial score (nSPS) is 35.1. The number of benzene rings is 2. The van der Waals surface area contributed by atoms with Gasteiger partial charge in [0.1, 0.15) is 47.9 Å². The van der Waals surface area contributed by atoms with Gasteiger partial charge in [-0.15, -0.1) is 0 Å². The van der Waals surface area contributed by atoms with Gasteiger partial charge in [-0.3, -0.25) is 4.79 Å². The highest BCUT2D eigenvalue weighted by molar-refractivity contribution is 6.11. The highest BCUT2D eigenvalue weighted by Crippen LogP contribution is 2.71. The Hall–Kier alpha value is -3.05. The number of epoxide rings is 1. The molecular formula is C26H24O10. The summed E-state index contributed by atoms with van der Waals surface area (Å²) in [5.41, 5.74) is -0.752. The molecule has 4 heterocycles. The zero-order valence-electron chi connectivity index (χ0n) is 19.7. The lowest BCUT2D eigenvalue weighted by Gasteiger charge is -2.49. The molecule has 3 unspecified atom stereocenters. The molecule has 5 atom stereocenters. The number of ketones is 1. The van der Waals surface area contributed by atoms with Gasteiger partial charge in [0.2, 0.25) is 5.79 Å². The Labute approximate surface area is 205 Å². The maximum absolute atomic E-state index is 12.9. The molecular weight excluding hydrogens is 472 g/mol. The SMILES string of the molecule is COc1c2c(c(O)c3c4c(c(C)cc13)C1OC3(C(C=O)C=O)OC1[C@@](CO)(O4)[C@@]31CO1)C(=O)CCC2. The Bertz CT molecular complexity index is 1390. The maximum atomic E-state index is 12.9. The molecule has 36 heavy (non-hydrogen) atoms. The Morgan fingerprint density at radius 1 is 1.25 bits per heavy atom. The number of phenolic OH excluding ortho intramolecular Hbond substituents is 1. The van der Waals surface area contributed by atoms with Crippen LogP contribution in [0.1, 0.15) is 46.0 Å². The number of rotatable bonds is 5. The van der Waals surface area contributed by atoms with Gasteiger partial charge in [0.05, 0.1) is 31.3 Å². The minimum Gasteiger partial charge on any atom is -0.506 e. The summed E-state index contributed by atoms with van der Waals surface area (Å²) in [5, 5.41) is 23.0. The Kier molecular flexibility index (Phi) is 4.21. The summed E-state index contributed by atoms with van der Waals surface area (Å²) in [7, 11) is 1.52. The van der Waals surface area contributed by atoms with E-state index in [4.69, 9.17) is 23.7 Å². The fourth-order valence-electron chi connectivity index (χ4n) is 7.06. The Morgan fingerprint density at radius 2 is 2.00 bits per heavy atom. The zero-order valence-corrected chi connectivity index (χ0v) is 19.7. The Balaban J connectivity index is 1.55. The quantitative estimate of drug-likeness (QED) is 0.355. The van der Waals surface area contributed by atoms with E-state index in [2.05, 4.69) is 0 Å². The van der Waals surface area contributed by atoms with Gasteiger partial charge in [0.15, 0.2) is 17.0 Å². The lowest BCUT2D eigenvalue weighted by atomic mass is 9.70. The number of aromatic hydroxyl groups is 1. The van der Waals surface area contributed by atoms with Gasteiger partial charge in [0, 0.05) is 22.9 Å². The van der Waals surface area contributed by atoms with E-state index in [1.54, 1.807) is 0 Å². The van der Waals surface area contributed by atoms with Crippen molar-refractivity contribution in [2.45, 2.75) is 55.4 Å². The van der Waals surface area contributed by atoms with E-state index in [0.717, 1.165) is 5.56 Å². The molecule has 0 radical (unpaired) electrons. The predicted octanol–water partition coefficient (Wildman–Crippen LogP) is 1.45. The van der Waals surface area contributed by atoms with Crippen molar-refractivity contribution >= 4 is 29.1 Å². The summed E-state index contributed by atoms with van der Waals surface area (Å²) in [6.07, 6.45) is 0.767. The minimum atomic E-state index is -1.75. The standard InChI is InChI=1S/C26H24O10/c1-11-6-14-18(19(31)17-13(20(14)32-2)4-3-5-15(17)30)21-16(11)22-23-24(9-29,34-21)25(10-33-25)26(35-22,36-23)12(7-27)8-28/h6-8,12,22-23,29,31H,3-5,9-10H2,1-2H3/t22?,23?,24-,25+,26?/m1/s1. The van der Waals surface area contributed by atoms with Crippen LogP contribution in [0.4, 0.5) is 0 Å². The first kappa shape index (κ1) is 22.2. The number of fused-ring (bicyclic) bond motifs is 8. The molecule has 2 N–H and O–H groups in total. The van der Waals surface area contributed by atoms with Crippen molar-refractivity contribution in [2.24, 2.45) is 5.92 Å². The molecule has 0 amide bonds. The van der Waals surface area contributed by atoms with Gasteiger partial charge in [-0.1, -0.05) is 0 Å². The van der Waals surface area contributed by atoms with Crippen LogP contribution < -0.4 is 9.47 Å². The van der Waals surface area contributed by atoms with E-state index >= 15 is 0 Å². The van der Waals surface area contributed by atoms with Gasteiger partial charge < -0.3 is 43.5 Å². The second kappa shape index (κ2) is 6.83. The van der Waals surface area contributed by atoms with E-state index in [9.17, 15) is 24.6 Å². The van der Waals surface area contributed by atoms with Crippen molar-refractivity contribution in [3.8, 4) is 17.2 Å². The molecule has 5 aliphatic rings. The second-order valence-corrected chi connectivity index (χ2v) is 10.2. The number of ether oxygens (including phenoxy) is 5. The third-order valence-electron chi connectivity index (χ3n) is 8.69. The van der Waals surface area contributed by atoms with Crippen LogP contribution in [0.3, 0.4) is 0 Å². The molecule has 1 aliphatic carbocycles. The first-order valence-corrected chi connectivity index (χ1v) is 12.0. The molecule has 7 rings (SSSR count). The zero-order chi connectivity index (χ0) is 25.2. The van der Waals surface area contributed by atoms with Crippen molar-refractivity contribution < 1.29 is 48.3 Å². The molecule has 188 valence electrons. The summed E-state index contributed by atoms with van der Waals surface area (Å²) in [4.78, 5) is 36.6. The number of aliphatic hydroxyl groups excluding tert-OH is 1. The monoisotopic (exact) mass is 496 g/mol. The molecule has 10 heteroatoms. The Morgan fingerprint density at radius 3 is 2.64 bits per heavy atom. The molecule has 2 bridgehead atoms. The molecule has 4 aliphatic heterocycles. The molecule has 0 saturated carbocycles. The van der Waals surface area contributed by atoms with Gasteiger partial charge in [0.25, 0.3) is 0 Å². The first-order chi connectivity index (χ1) is 17.3. The molecule has 2 aromatic rings. The topological polar surface area (TPSA) is 141 Å². The number of aryl methyl sites for hydroxylation is 1. The number of carbonyl (C=O) groups excluding carboxylic acids is 3. The van der Waals surface area contributed by atoms with E-state index in [1.165, 1.54) is 7.11 Å². The summed E-state index contributed by atoms with van der Waals surface area (Å²) in [6, 6.07) is 1.84. The van der Waals surface area contributed by atoms with Crippen molar-refractivity contribution in [2.75, 3.05) is 20.3 Å². The van der Waals surface area contributed by atoms with Crippen LogP contribution in [0.5, 0.6) is 17.2 Å². The third kappa shape index (κ3) is 2.14. The summed E-state index contributed by atoms with van der Waals surface area (Å²) >= 11 is 0. The lowest BCUT2D eigenvalue weighted by Crippen LogP contribution is -2.69. The summed E-state index contributed by atoms with van der Waals surface area (Å²) < 4.78 is 30.7. The minimum absolute atomic E-state index is 0.0389. The van der Waals surface area contributed by atoms with E-state index < -0.39 is 41.7 Å². The fraction of sp³-hybridized carbons (Fsp3) is 0.500. The van der Waals surface area contributed by atoms with Crippen molar-refractivity contribution in [1.29, 1.82) is 0 Å². The number of aliphatic hydroxyl groups is 1. The fourth-order valence-corrected chi connectivity index (χ4v) is 7.06. The highest BCUT2D eigenvalue weighted by Gasteiger charge is 2.91. The van der Waals surface area contributed by atoms with Gasteiger partial charge >= 0.3 is 0 Å². The van der Waals surface area contributed by atoms with Crippen LogP contribution in [0, 0.1) is 12.8 Å². The summed E-state index contributed by atoms with van der Waals surface area (Å²) in [5.74, 6) is -2.71. The van der Waals surface area contributed by atoms with Crippen LogP contribution in [-0.2, 0) is 30.2 Å². The number of aldehydes is 2. The lowest BCUT2D eigenvalue weighted by molar-refractivity contribution is -0.242. The number of Topliss-reactive ketones (excluding diaryl/α,β-unsaturated/α-hetero) is 1. The number of phenols is 1. The molecule has 2 aromatic carbocycles. The second-order valence-electron chi connectivity index (χ2n) is 10.2. The van der Waals surface area contributed by atoms with E-state index in [0.29, 0.717) is 54.1 Å². The van der Waals surface area contributed by atoms with E-state index in [-0.39, 0.29) is 34.8 Å². The number of methoxy groups -OCH3 is 1. The van der Waals surface area contributed by atoms with Gasteiger partial charge in [-0.2, -0.15) is 0 Å². The average molecular weight is 496 g/mol. The maximum Gasteiger partial charge on any atom is 0.222 e.